The van der Waals surface area contributed by atoms with Crippen molar-refractivity contribution in [2.45, 2.75) is 39.2 Å². The van der Waals surface area contributed by atoms with Gasteiger partial charge in [-0.2, -0.15) is 0 Å². The van der Waals surface area contributed by atoms with Crippen molar-refractivity contribution in [2.75, 3.05) is 32.4 Å². The Balaban J connectivity index is 0.00000400. The first kappa shape index (κ1) is 20.6. The number of halogens is 1. The Morgan fingerprint density at radius 3 is 2.38 bits per heavy atom. The summed E-state index contributed by atoms with van der Waals surface area (Å²) in [4.78, 5) is 11.9. The molecule has 0 spiro atoms. The Kier molecular flexibility index (Phi) is 9.44. The second-order valence-electron chi connectivity index (χ2n) is 5.46. The predicted octanol–water partition coefficient (Wildman–Crippen LogP) is 0.584. The number of carbonyl (C=O) groups is 1. The topological polar surface area (TPSA) is 78.5 Å². The minimum atomic E-state index is -3.10. The van der Waals surface area contributed by atoms with Crippen LogP contribution in [0, 0.1) is 5.92 Å². The number of carbonyl (C=O) groups excluding carboxylic acids is 1. The van der Waals surface area contributed by atoms with E-state index in [1.807, 2.05) is 20.9 Å². The molecule has 1 amide bonds. The highest BCUT2D eigenvalue weighted by atomic mass is 35.5. The van der Waals surface area contributed by atoms with Crippen LogP contribution >= 0.6 is 12.4 Å². The van der Waals surface area contributed by atoms with E-state index in [1.165, 1.54) is 0 Å². The quantitative estimate of drug-likeness (QED) is 0.710. The lowest BCUT2D eigenvalue weighted by Crippen LogP contribution is -2.48. The normalized spacial score (nSPS) is 18.8. The van der Waals surface area contributed by atoms with Gasteiger partial charge in [-0.15, -0.1) is 12.4 Å². The molecule has 1 aliphatic rings. The molecule has 0 saturated carbocycles. The zero-order chi connectivity index (χ0) is 15.2. The van der Waals surface area contributed by atoms with Gasteiger partial charge in [-0.05, 0) is 26.3 Å². The third kappa shape index (κ3) is 6.50. The fraction of sp³-hybridized carbons (Fsp3) is 0.923. The SMILES string of the molecule is CCCS(=O)(=O)N1CCC(NC(=O)C(C)CNC)CC1.Cl. The van der Waals surface area contributed by atoms with Crippen LogP contribution in [0.4, 0.5) is 0 Å². The average Bonchev–Trinajstić information content (AvgIpc) is 2.39. The average molecular weight is 342 g/mol. The van der Waals surface area contributed by atoms with Crippen LogP contribution in [0.5, 0.6) is 0 Å². The maximum Gasteiger partial charge on any atom is 0.224 e. The third-order valence-corrected chi connectivity index (χ3v) is 5.69. The Labute approximate surface area is 134 Å². The van der Waals surface area contributed by atoms with Crippen LogP contribution in [-0.4, -0.2) is 57.1 Å². The number of rotatable bonds is 7. The smallest absolute Gasteiger partial charge is 0.224 e. The number of nitrogens with one attached hydrogen (secondary N) is 2. The lowest BCUT2D eigenvalue weighted by atomic mass is 10.0. The summed E-state index contributed by atoms with van der Waals surface area (Å²) in [7, 11) is -1.28. The van der Waals surface area contributed by atoms with Crippen LogP contribution in [0.1, 0.15) is 33.1 Å². The lowest BCUT2D eigenvalue weighted by Gasteiger charge is -2.32. The van der Waals surface area contributed by atoms with E-state index < -0.39 is 10.0 Å². The highest BCUT2D eigenvalue weighted by Gasteiger charge is 2.28. The molecule has 1 heterocycles. The van der Waals surface area contributed by atoms with Gasteiger partial charge in [0.25, 0.3) is 0 Å². The molecule has 0 aromatic rings. The molecule has 0 radical (unpaired) electrons. The molecule has 1 rings (SSSR count). The maximum atomic E-state index is 11.9. The molecule has 0 aliphatic carbocycles. The number of piperidine rings is 1. The van der Waals surface area contributed by atoms with Gasteiger partial charge in [0.1, 0.15) is 0 Å². The predicted molar refractivity (Wildman–Crippen MR) is 87.2 cm³/mol. The highest BCUT2D eigenvalue weighted by molar-refractivity contribution is 7.89. The second kappa shape index (κ2) is 9.61. The number of hydrogen-bond acceptors (Lipinski definition) is 4. The van der Waals surface area contributed by atoms with Gasteiger partial charge in [0.15, 0.2) is 0 Å². The molecule has 1 saturated heterocycles. The van der Waals surface area contributed by atoms with Gasteiger partial charge >= 0.3 is 0 Å². The lowest BCUT2D eigenvalue weighted by molar-refractivity contribution is -0.125. The van der Waals surface area contributed by atoms with Crippen molar-refractivity contribution in [3.8, 4) is 0 Å². The van der Waals surface area contributed by atoms with Crippen LogP contribution in [0.15, 0.2) is 0 Å². The summed E-state index contributed by atoms with van der Waals surface area (Å²) in [5.74, 6) is 0.180. The Hall–Kier alpha value is -0.370. The second-order valence-corrected chi connectivity index (χ2v) is 7.55. The van der Waals surface area contributed by atoms with Gasteiger partial charge < -0.3 is 10.6 Å². The van der Waals surface area contributed by atoms with E-state index >= 15 is 0 Å². The molecule has 6 nitrogen and oxygen atoms in total. The van der Waals surface area contributed by atoms with E-state index in [2.05, 4.69) is 10.6 Å². The third-order valence-electron chi connectivity index (χ3n) is 3.61. The van der Waals surface area contributed by atoms with Crippen molar-refractivity contribution in [3.63, 3.8) is 0 Å². The van der Waals surface area contributed by atoms with Crippen LogP contribution in [0.25, 0.3) is 0 Å². The summed E-state index contributed by atoms with van der Waals surface area (Å²) in [6.07, 6.45) is 2.03. The number of sulfonamides is 1. The molecule has 1 aliphatic heterocycles. The van der Waals surface area contributed by atoms with Gasteiger partial charge in [-0.3, -0.25) is 4.79 Å². The van der Waals surface area contributed by atoms with E-state index in [0.717, 1.165) is 0 Å². The van der Waals surface area contributed by atoms with Crippen molar-refractivity contribution in [3.05, 3.63) is 0 Å². The Morgan fingerprint density at radius 2 is 1.90 bits per heavy atom. The minimum absolute atomic E-state index is 0. The largest absolute Gasteiger partial charge is 0.353 e. The van der Waals surface area contributed by atoms with Gasteiger partial charge in [-0.1, -0.05) is 13.8 Å². The molecule has 8 heteroatoms. The number of amides is 1. The fourth-order valence-corrected chi connectivity index (χ4v) is 3.95. The molecule has 0 aromatic heterocycles. The van der Waals surface area contributed by atoms with Crippen molar-refractivity contribution in [1.82, 2.24) is 14.9 Å². The summed E-state index contributed by atoms with van der Waals surface area (Å²) < 4.78 is 25.4. The number of nitrogens with zero attached hydrogens (tertiary/aromatic N) is 1. The van der Waals surface area contributed by atoms with E-state index in [-0.39, 0.29) is 36.0 Å². The summed E-state index contributed by atoms with van der Waals surface area (Å²) >= 11 is 0. The maximum absolute atomic E-state index is 11.9. The molecular weight excluding hydrogens is 314 g/mol. The first-order valence-electron chi connectivity index (χ1n) is 7.33. The molecule has 126 valence electrons. The molecule has 0 bridgehead atoms. The van der Waals surface area contributed by atoms with Gasteiger partial charge in [0, 0.05) is 31.6 Å². The van der Waals surface area contributed by atoms with Crippen LogP contribution < -0.4 is 10.6 Å². The molecule has 1 unspecified atom stereocenters. The molecule has 0 aromatic carbocycles. The van der Waals surface area contributed by atoms with E-state index in [1.54, 1.807) is 4.31 Å². The highest BCUT2D eigenvalue weighted by Crippen LogP contribution is 2.15. The summed E-state index contributed by atoms with van der Waals surface area (Å²) in [5, 5.41) is 5.99. The zero-order valence-electron chi connectivity index (χ0n) is 13.1. The van der Waals surface area contributed by atoms with Crippen LogP contribution in [-0.2, 0) is 14.8 Å². The van der Waals surface area contributed by atoms with E-state index in [9.17, 15) is 13.2 Å². The van der Waals surface area contributed by atoms with Crippen LogP contribution in [0.2, 0.25) is 0 Å². The minimum Gasteiger partial charge on any atom is -0.353 e. The van der Waals surface area contributed by atoms with Crippen molar-refractivity contribution >= 4 is 28.3 Å². The summed E-state index contributed by atoms with van der Waals surface area (Å²) in [5.41, 5.74) is 0. The monoisotopic (exact) mass is 341 g/mol. The zero-order valence-corrected chi connectivity index (χ0v) is 14.7. The van der Waals surface area contributed by atoms with Crippen molar-refractivity contribution in [2.24, 2.45) is 5.92 Å². The van der Waals surface area contributed by atoms with Gasteiger partial charge in [-0.25, -0.2) is 12.7 Å². The summed E-state index contributed by atoms with van der Waals surface area (Å²) in [6, 6.07) is 0.0925. The fourth-order valence-electron chi connectivity index (χ4n) is 2.41. The summed E-state index contributed by atoms with van der Waals surface area (Å²) in [6.45, 7) is 5.41. The molecule has 21 heavy (non-hydrogen) atoms. The number of hydrogen-bond donors (Lipinski definition) is 2. The van der Waals surface area contributed by atoms with E-state index in [4.69, 9.17) is 0 Å². The standard InChI is InChI=1S/C13H27N3O3S.ClH/c1-4-9-20(18,19)16-7-5-12(6-8-16)15-13(17)11(2)10-14-3;/h11-12,14H,4-10H2,1-3H3,(H,15,17);1H. The first-order valence-corrected chi connectivity index (χ1v) is 8.94. The van der Waals surface area contributed by atoms with Crippen LogP contribution in [0.3, 0.4) is 0 Å². The van der Waals surface area contributed by atoms with Gasteiger partial charge in [0.05, 0.1) is 5.75 Å². The molecule has 1 fully saturated rings. The van der Waals surface area contributed by atoms with E-state index in [0.29, 0.717) is 38.9 Å². The van der Waals surface area contributed by atoms with Crippen molar-refractivity contribution < 1.29 is 13.2 Å². The Morgan fingerprint density at radius 1 is 1.33 bits per heavy atom. The molecule has 1 atom stereocenters. The first-order chi connectivity index (χ1) is 9.40. The van der Waals surface area contributed by atoms with Crippen molar-refractivity contribution in [1.29, 1.82) is 0 Å². The van der Waals surface area contributed by atoms with Gasteiger partial charge in [0.2, 0.25) is 15.9 Å². The molecular formula is C13H28ClN3O3S. The molecule has 2 N–H and O–H groups in total. The Bertz CT molecular complexity index is 409.